The Kier molecular flexibility index (Phi) is 5.22. The number of nitrogens with two attached hydrogens (primary N) is 1. The van der Waals surface area contributed by atoms with Crippen LogP contribution in [0.5, 0.6) is 0 Å². The number of rotatable bonds is 4. The maximum Gasteiger partial charge on any atom is 0.282 e. The van der Waals surface area contributed by atoms with E-state index in [1.807, 2.05) is 0 Å². The van der Waals surface area contributed by atoms with E-state index >= 15 is 0 Å². The van der Waals surface area contributed by atoms with Gasteiger partial charge in [0.2, 0.25) is 5.95 Å². The highest BCUT2D eigenvalue weighted by Crippen LogP contribution is 2.38. The fraction of sp³-hybridized carbons (Fsp3) is 0.412. The first-order valence-electron chi connectivity index (χ1n) is 8.39. The molecule has 0 bridgehead atoms. The van der Waals surface area contributed by atoms with Gasteiger partial charge in [-0.15, -0.1) is 0 Å². The molecule has 0 unspecified atom stereocenters. The van der Waals surface area contributed by atoms with E-state index in [1.54, 1.807) is 18.2 Å². The van der Waals surface area contributed by atoms with Crippen LogP contribution in [-0.2, 0) is 10.2 Å². The molecule has 9 heteroatoms. The number of aromatic nitrogens is 2. The van der Waals surface area contributed by atoms with Crippen LogP contribution < -0.4 is 5.73 Å². The van der Waals surface area contributed by atoms with Crippen LogP contribution in [0.1, 0.15) is 31.0 Å². The van der Waals surface area contributed by atoms with E-state index in [4.69, 9.17) is 5.73 Å². The Bertz CT molecular complexity index is 904. The van der Waals surface area contributed by atoms with Crippen LogP contribution in [0.25, 0.3) is 11.1 Å². The Morgan fingerprint density at radius 1 is 1.23 bits per heavy atom. The lowest BCUT2D eigenvalue weighted by atomic mass is 9.95. The van der Waals surface area contributed by atoms with Crippen molar-refractivity contribution in [2.75, 3.05) is 26.4 Å². The van der Waals surface area contributed by atoms with Crippen molar-refractivity contribution in [2.45, 2.75) is 25.3 Å². The molecule has 1 fully saturated rings. The average Bonchev–Trinajstić information content (AvgIpc) is 2.62. The number of hydrogen-bond acceptors (Lipinski definition) is 5. The summed E-state index contributed by atoms with van der Waals surface area (Å²) in [5.74, 6) is -0.382. The van der Waals surface area contributed by atoms with Crippen molar-refractivity contribution in [3.05, 3.63) is 42.0 Å². The minimum atomic E-state index is -3.65. The quantitative estimate of drug-likeness (QED) is 0.879. The molecule has 1 aromatic carbocycles. The molecule has 7 nitrogen and oxygen atoms in total. The van der Waals surface area contributed by atoms with Gasteiger partial charge in [-0.3, -0.25) is 0 Å². The van der Waals surface area contributed by atoms with Gasteiger partial charge in [-0.2, -0.15) is 17.0 Å². The second-order valence-corrected chi connectivity index (χ2v) is 8.51. The van der Waals surface area contributed by atoms with Gasteiger partial charge < -0.3 is 5.73 Å². The summed E-state index contributed by atoms with van der Waals surface area (Å²) in [5.41, 5.74) is 7.00. The van der Waals surface area contributed by atoms with Crippen molar-refractivity contribution in [2.24, 2.45) is 0 Å². The standard InChI is InChI=1S/C17H22FN5O2S/c1-22(2)26(24,25)23-10-6-5-9-15(23)16-13(11-20-17(19)21-16)12-7-3-4-8-14(12)18/h3-4,7-8,11,15H,5-6,9-10H2,1-2H3,(H2,19,20,21)/t15-/m1/s1. The maximum atomic E-state index is 14.4. The molecule has 2 N–H and O–H groups in total. The van der Waals surface area contributed by atoms with Crippen molar-refractivity contribution in [1.82, 2.24) is 18.6 Å². The summed E-state index contributed by atoms with van der Waals surface area (Å²) in [6, 6.07) is 5.77. The summed E-state index contributed by atoms with van der Waals surface area (Å²) in [6.45, 7) is 0.381. The zero-order chi connectivity index (χ0) is 18.9. The van der Waals surface area contributed by atoms with Crippen molar-refractivity contribution in [1.29, 1.82) is 0 Å². The Labute approximate surface area is 152 Å². The van der Waals surface area contributed by atoms with Crippen LogP contribution in [0, 0.1) is 5.82 Å². The monoisotopic (exact) mass is 379 g/mol. The predicted octanol–water partition coefficient (Wildman–Crippen LogP) is 2.20. The number of benzene rings is 1. The molecule has 0 saturated carbocycles. The minimum Gasteiger partial charge on any atom is -0.368 e. The molecule has 1 aliphatic heterocycles. The molecule has 2 aromatic rings. The van der Waals surface area contributed by atoms with E-state index in [-0.39, 0.29) is 5.95 Å². The molecule has 2 heterocycles. The van der Waals surface area contributed by atoms with Crippen LogP contribution in [-0.4, -0.2) is 47.6 Å². The number of halogens is 1. The van der Waals surface area contributed by atoms with Crippen LogP contribution in [0.15, 0.2) is 30.5 Å². The third-order valence-corrected chi connectivity index (χ3v) is 6.48. The zero-order valence-corrected chi connectivity index (χ0v) is 15.6. The molecule has 0 aliphatic carbocycles. The highest BCUT2D eigenvalue weighted by molar-refractivity contribution is 7.86. The Morgan fingerprint density at radius 2 is 1.96 bits per heavy atom. The first kappa shape index (κ1) is 18.7. The third-order valence-electron chi connectivity index (χ3n) is 4.53. The number of anilines is 1. The summed E-state index contributed by atoms with van der Waals surface area (Å²) in [7, 11) is -0.661. The van der Waals surface area contributed by atoms with Gasteiger partial charge in [0.15, 0.2) is 0 Å². The molecular weight excluding hydrogens is 357 g/mol. The minimum absolute atomic E-state index is 0.0351. The fourth-order valence-corrected chi connectivity index (χ4v) is 4.52. The van der Waals surface area contributed by atoms with Crippen LogP contribution in [0.4, 0.5) is 10.3 Å². The molecule has 0 spiro atoms. The third kappa shape index (κ3) is 3.42. The molecule has 1 atom stereocenters. The van der Waals surface area contributed by atoms with E-state index < -0.39 is 22.1 Å². The zero-order valence-electron chi connectivity index (χ0n) is 14.8. The molecule has 0 amide bonds. The fourth-order valence-electron chi connectivity index (χ4n) is 3.21. The summed E-state index contributed by atoms with van der Waals surface area (Å²) >= 11 is 0. The number of piperidine rings is 1. The van der Waals surface area contributed by atoms with E-state index in [2.05, 4.69) is 9.97 Å². The van der Waals surface area contributed by atoms with Gasteiger partial charge in [0.05, 0.1) is 11.7 Å². The van der Waals surface area contributed by atoms with Gasteiger partial charge in [-0.05, 0) is 18.9 Å². The lowest BCUT2D eigenvalue weighted by Gasteiger charge is -2.36. The van der Waals surface area contributed by atoms with Crippen molar-refractivity contribution >= 4 is 16.2 Å². The van der Waals surface area contributed by atoms with Crippen molar-refractivity contribution in [3.8, 4) is 11.1 Å². The summed E-state index contributed by atoms with van der Waals surface area (Å²) < 4.78 is 42.5. The van der Waals surface area contributed by atoms with Gasteiger partial charge in [0.25, 0.3) is 10.2 Å². The molecule has 1 saturated heterocycles. The molecule has 3 rings (SSSR count). The smallest absolute Gasteiger partial charge is 0.282 e. The SMILES string of the molecule is CN(C)S(=O)(=O)N1CCCC[C@@H]1c1nc(N)ncc1-c1ccccc1F. The van der Waals surface area contributed by atoms with Crippen LogP contribution in [0.3, 0.4) is 0 Å². The molecule has 140 valence electrons. The Hall–Kier alpha value is -2.10. The summed E-state index contributed by atoms with van der Waals surface area (Å²) in [5, 5.41) is 0. The van der Waals surface area contributed by atoms with Gasteiger partial charge >= 0.3 is 0 Å². The van der Waals surface area contributed by atoms with E-state index in [0.717, 1.165) is 12.8 Å². The Morgan fingerprint density at radius 3 is 2.65 bits per heavy atom. The second kappa shape index (κ2) is 7.26. The molecule has 1 aliphatic rings. The summed E-state index contributed by atoms with van der Waals surface area (Å²) in [6.07, 6.45) is 3.67. The normalized spacial score (nSPS) is 19.0. The number of hydrogen-bond donors (Lipinski definition) is 1. The second-order valence-electron chi connectivity index (χ2n) is 6.42. The maximum absolute atomic E-state index is 14.4. The highest BCUT2D eigenvalue weighted by atomic mass is 32.2. The van der Waals surface area contributed by atoms with Gasteiger partial charge in [0, 0.05) is 38.0 Å². The molecule has 0 radical (unpaired) electrons. The lowest BCUT2D eigenvalue weighted by Crippen LogP contribution is -2.45. The summed E-state index contributed by atoms with van der Waals surface area (Å²) in [4.78, 5) is 8.31. The van der Waals surface area contributed by atoms with Crippen LogP contribution >= 0.6 is 0 Å². The van der Waals surface area contributed by atoms with Crippen molar-refractivity contribution < 1.29 is 12.8 Å². The van der Waals surface area contributed by atoms with Gasteiger partial charge in [-0.1, -0.05) is 24.6 Å². The lowest BCUT2D eigenvalue weighted by molar-refractivity contribution is 0.239. The predicted molar refractivity (Wildman–Crippen MR) is 97.7 cm³/mol. The van der Waals surface area contributed by atoms with Gasteiger partial charge in [-0.25, -0.2) is 14.4 Å². The average molecular weight is 379 g/mol. The van der Waals surface area contributed by atoms with E-state index in [0.29, 0.717) is 29.8 Å². The largest absolute Gasteiger partial charge is 0.368 e. The van der Waals surface area contributed by atoms with Gasteiger partial charge in [0.1, 0.15) is 5.82 Å². The number of nitrogen functional groups attached to an aromatic ring is 1. The molecule has 1 aromatic heterocycles. The molecule has 26 heavy (non-hydrogen) atoms. The van der Waals surface area contributed by atoms with Crippen molar-refractivity contribution in [3.63, 3.8) is 0 Å². The topological polar surface area (TPSA) is 92.4 Å². The van der Waals surface area contributed by atoms with E-state index in [1.165, 1.54) is 35.0 Å². The molecular formula is C17H22FN5O2S. The van der Waals surface area contributed by atoms with Crippen LogP contribution in [0.2, 0.25) is 0 Å². The van der Waals surface area contributed by atoms with E-state index in [9.17, 15) is 12.8 Å². The first-order chi connectivity index (χ1) is 12.3. The highest BCUT2D eigenvalue weighted by Gasteiger charge is 2.37. The Balaban J connectivity index is 2.16. The number of nitrogens with zero attached hydrogens (tertiary/aromatic N) is 4. The first-order valence-corrected chi connectivity index (χ1v) is 9.78.